The monoisotopic (exact) mass is 308 g/mol. The molecule has 0 bridgehead atoms. The second-order valence-electron chi connectivity index (χ2n) is 8.80. The van der Waals surface area contributed by atoms with Gasteiger partial charge >= 0.3 is 0 Å². The first kappa shape index (κ1) is 17.8. The maximum Gasteiger partial charge on any atom is 0.223 e. The molecular weight excluding hydrogens is 272 g/mol. The molecule has 1 heterocycles. The van der Waals surface area contributed by atoms with E-state index in [0.717, 1.165) is 37.8 Å². The SMILES string of the molecule is CC(C)[C@H]1CC[C@H](NC(=O)C2CCN(C(C)(C)C)CC2)CC1. The van der Waals surface area contributed by atoms with Crippen LogP contribution in [-0.2, 0) is 4.79 Å². The lowest BCUT2D eigenvalue weighted by atomic mass is 9.79. The number of carbonyl (C=O) groups is 1. The molecule has 128 valence electrons. The first-order valence-corrected chi connectivity index (χ1v) is 9.33. The third kappa shape index (κ3) is 4.71. The fourth-order valence-corrected chi connectivity index (χ4v) is 4.06. The first-order chi connectivity index (χ1) is 10.3. The minimum Gasteiger partial charge on any atom is -0.353 e. The number of amides is 1. The van der Waals surface area contributed by atoms with Gasteiger partial charge in [-0.1, -0.05) is 13.8 Å². The quantitative estimate of drug-likeness (QED) is 0.859. The van der Waals surface area contributed by atoms with Gasteiger partial charge in [-0.3, -0.25) is 9.69 Å². The zero-order valence-electron chi connectivity index (χ0n) is 15.3. The zero-order valence-corrected chi connectivity index (χ0v) is 15.3. The van der Waals surface area contributed by atoms with Crippen LogP contribution in [0.1, 0.15) is 73.1 Å². The van der Waals surface area contributed by atoms with Crippen LogP contribution >= 0.6 is 0 Å². The molecular formula is C19H36N2O. The van der Waals surface area contributed by atoms with Crippen molar-refractivity contribution in [1.29, 1.82) is 0 Å². The summed E-state index contributed by atoms with van der Waals surface area (Å²) in [5.74, 6) is 2.21. The number of carbonyl (C=O) groups excluding carboxylic acids is 1. The number of nitrogens with one attached hydrogen (secondary N) is 1. The number of rotatable bonds is 3. The van der Waals surface area contributed by atoms with E-state index in [4.69, 9.17) is 0 Å². The molecule has 0 unspecified atom stereocenters. The molecule has 1 aliphatic carbocycles. The highest BCUT2D eigenvalue weighted by Gasteiger charge is 2.31. The average Bonchev–Trinajstić information content (AvgIpc) is 2.47. The summed E-state index contributed by atoms with van der Waals surface area (Å²) >= 11 is 0. The van der Waals surface area contributed by atoms with Crippen LogP contribution in [0.3, 0.4) is 0 Å². The summed E-state index contributed by atoms with van der Waals surface area (Å²) in [6.07, 6.45) is 6.95. The highest BCUT2D eigenvalue weighted by atomic mass is 16.1. The summed E-state index contributed by atoms with van der Waals surface area (Å²) in [7, 11) is 0. The average molecular weight is 309 g/mol. The van der Waals surface area contributed by atoms with Gasteiger partial charge in [0.25, 0.3) is 0 Å². The van der Waals surface area contributed by atoms with Crippen LogP contribution < -0.4 is 5.32 Å². The predicted molar refractivity (Wildman–Crippen MR) is 92.8 cm³/mol. The Kier molecular flexibility index (Phi) is 5.93. The van der Waals surface area contributed by atoms with Crippen LogP contribution in [0.15, 0.2) is 0 Å². The van der Waals surface area contributed by atoms with Crippen LogP contribution in [0.4, 0.5) is 0 Å². The molecule has 0 aromatic heterocycles. The Morgan fingerprint density at radius 3 is 2.00 bits per heavy atom. The van der Waals surface area contributed by atoms with Crippen molar-refractivity contribution in [1.82, 2.24) is 10.2 Å². The van der Waals surface area contributed by atoms with Crippen molar-refractivity contribution in [3.05, 3.63) is 0 Å². The van der Waals surface area contributed by atoms with Crippen LogP contribution in [0.25, 0.3) is 0 Å². The summed E-state index contributed by atoms with van der Waals surface area (Å²) < 4.78 is 0. The largest absolute Gasteiger partial charge is 0.353 e. The standard InChI is InChI=1S/C19H36N2O/c1-14(2)15-6-8-17(9-7-15)20-18(22)16-10-12-21(13-11-16)19(3,4)5/h14-17H,6-13H2,1-5H3,(H,20,22)/t15-,17-. The topological polar surface area (TPSA) is 32.3 Å². The molecule has 3 heteroatoms. The third-order valence-corrected chi connectivity index (χ3v) is 5.88. The lowest BCUT2D eigenvalue weighted by molar-refractivity contribution is -0.128. The van der Waals surface area contributed by atoms with E-state index in [1.165, 1.54) is 25.7 Å². The van der Waals surface area contributed by atoms with Gasteiger partial charge in [0.2, 0.25) is 5.91 Å². The van der Waals surface area contributed by atoms with Crippen LogP contribution in [0.2, 0.25) is 0 Å². The van der Waals surface area contributed by atoms with E-state index in [1.54, 1.807) is 0 Å². The van der Waals surface area contributed by atoms with Gasteiger partial charge in [0.05, 0.1) is 0 Å². The molecule has 0 aromatic rings. The summed E-state index contributed by atoms with van der Waals surface area (Å²) in [6.45, 7) is 13.6. The second-order valence-corrected chi connectivity index (χ2v) is 8.80. The van der Waals surface area contributed by atoms with Crippen molar-refractivity contribution in [2.75, 3.05) is 13.1 Å². The molecule has 1 saturated carbocycles. The summed E-state index contributed by atoms with van der Waals surface area (Å²) in [5.41, 5.74) is 0.233. The predicted octanol–water partition coefficient (Wildman–Crippen LogP) is 3.83. The maximum absolute atomic E-state index is 12.5. The van der Waals surface area contributed by atoms with E-state index in [9.17, 15) is 4.79 Å². The second kappa shape index (κ2) is 7.33. The molecule has 1 amide bonds. The lowest BCUT2D eigenvalue weighted by Crippen LogP contribution is -2.49. The molecule has 1 N–H and O–H groups in total. The summed E-state index contributed by atoms with van der Waals surface area (Å²) in [4.78, 5) is 15.0. The number of likely N-dealkylation sites (tertiary alicyclic amines) is 1. The maximum atomic E-state index is 12.5. The Labute approximate surface area is 137 Å². The normalized spacial score (nSPS) is 28.8. The molecule has 0 radical (unpaired) electrons. The third-order valence-electron chi connectivity index (χ3n) is 5.88. The molecule has 1 saturated heterocycles. The molecule has 2 fully saturated rings. The Morgan fingerprint density at radius 1 is 1.00 bits per heavy atom. The van der Waals surface area contributed by atoms with E-state index in [1.807, 2.05) is 0 Å². The minimum atomic E-state index is 0.233. The van der Waals surface area contributed by atoms with E-state index in [2.05, 4.69) is 44.8 Å². The fraction of sp³-hybridized carbons (Fsp3) is 0.947. The van der Waals surface area contributed by atoms with Crippen molar-refractivity contribution in [3.8, 4) is 0 Å². The molecule has 22 heavy (non-hydrogen) atoms. The molecule has 3 nitrogen and oxygen atoms in total. The van der Waals surface area contributed by atoms with Crippen molar-refractivity contribution < 1.29 is 4.79 Å². The Hall–Kier alpha value is -0.570. The molecule has 0 spiro atoms. The molecule has 0 atom stereocenters. The minimum absolute atomic E-state index is 0.233. The molecule has 2 aliphatic rings. The van der Waals surface area contributed by atoms with Crippen molar-refractivity contribution in [2.24, 2.45) is 17.8 Å². The van der Waals surface area contributed by atoms with Crippen LogP contribution in [-0.4, -0.2) is 35.5 Å². The molecule has 2 rings (SSSR count). The zero-order chi connectivity index (χ0) is 16.3. The van der Waals surface area contributed by atoms with Gasteiger partial charge in [0, 0.05) is 17.5 Å². The highest BCUT2D eigenvalue weighted by Crippen LogP contribution is 2.30. The number of hydrogen-bond donors (Lipinski definition) is 1. The number of piperidine rings is 1. The van der Waals surface area contributed by atoms with Gasteiger partial charge in [-0.15, -0.1) is 0 Å². The van der Waals surface area contributed by atoms with Crippen molar-refractivity contribution in [2.45, 2.75) is 84.7 Å². The Balaban J connectivity index is 1.73. The van der Waals surface area contributed by atoms with Gasteiger partial charge in [-0.05, 0) is 84.2 Å². The van der Waals surface area contributed by atoms with E-state index < -0.39 is 0 Å². The molecule has 0 aromatic carbocycles. The van der Waals surface area contributed by atoms with E-state index >= 15 is 0 Å². The van der Waals surface area contributed by atoms with E-state index in [0.29, 0.717) is 11.9 Å². The van der Waals surface area contributed by atoms with Gasteiger partial charge in [-0.2, -0.15) is 0 Å². The highest BCUT2D eigenvalue weighted by molar-refractivity contribution is 5.79. The van der Waals surface area contributed by atoms with Gasteiger partial charge < -0.3 is 5.32 Å². The lowest BCUT2D eigenvalue weighted by Gasteiger charge is -2.41. The molecule has 1 aliphatic heterocycles. The smallest absolute Gasteiger partial charge is 0.223 e. The van der Waals surface area contributed by atoms with Crippen molar-refractivity contribution in [3.63, 3.8) is 0 Å². The Bertz CT molecular complexity index is 356. The summed E-state index contributed by atoms with van der Waals surface area (Å²) in [6, 6.07) is 0.433. The Morgan fingerprint density at radius 2 is 1.55 bits per heavy atom. The first-order valence-electron chi connectivity index (χ1n) is 9.33. The van der Waals surface area contributed by atoms with E-state index in [-0.39, 0.29) is 11.5 Å². The van der Waals surface area contributed by atoms with Crippen molar-refractivity contribution >= 4 is 5.91 Å². The van der Waals surface area contributed by atoms with Crippen LogP contribution in [0.5, 0.6) is 0 Å². The van der Waals surface area contributed by atoms with Gasteiger partial charge in [0.1, 0.15) is 0 Å². The van der Waals surface area contributed by atoms with Gasteiger partial charge in [0.15, 0.2) is 0 Å². The number of hydrogen-bond acceptors (Lipinski definition) is 2. The summed E-state index contributed by atoms with van der Waals surface area (Å²) in [5, 5.41) is 3.34. The van der Waals surface area contributed by atoms with Crippen LogP contribution in [0, 0.1) is 17.8 Å². The fourth-order valence-electron chi connectivity index (χ4n) is 4.06. The van der Waals surface area contributed by atoms with Gasteiger partial charge in [-0.25, -0.2) is 0 Å². The number of nitrogens with zero attached hydrogens (tertiary/aromatic N) is 1.